The number of anilines is 2. The minimum absolute atomic E-state index is 0.208. The second kappa shape index (κ2) is 11.4. The summed E-state index contributed by atoms with van der Waals surface area (Å²) in [7, 11) is 0. The predicted molar refractivity (Wildman–Crippen MR) is 137 cm³/mol. The van der Waals surface area contributed by atoms with Crippen LogP contribution in [0, 0.1) is 5.92 Å². The number of ether oxygens (including phenoxy) is 1. The van der Waals surface area contributed by atoms with Crippen molar-refractivity contribution in [2.75, 3.05) is 5.32 Å². The number of hydrogen-bond acceptors (Lipinski definition) is 4. The summed E-state index contributed by atoms with van der Waals surface area (Å²) in [6.45, 7) is 2.36. The topological polar surface area (TPSA) is 87.2 Å². The molecule has 3 aromatic carbocycles. The minimum atomic E-state index is -4.74. The van der Waals surface area contributed by atoms with Crippen molar-refractivity contribution in [2.24, 2.45) is 5.92 Å². The monoisotopic (exact) mass is 511 g/mol. The third kappa shape index (κ3) is 7.49. The first-order chi connectivity index (χ1) is 17.7. The Morgan fingerprint density at radius 2 is 1.62 bits per heavy atom. The highest BCUT2D eigenvalue weighted by Gasteiger charge is 2.30. The number of nitrogens with one attached hydrogen (secondary N) is 2. The maximum absolute atomic E-state index is 12.2. The number of imidazole rings is 1. The Morgan fingerprint density at radius 3 is 2.19 bits per heavy atom. The Morgan fingerprint density at radius 1 is 0.973 bits per heavy atom. The summed E-state index contributed by atoms with van der Waals surface area (Å²) in [4.78, 5) is 18.5. The molecule has 1 heterocycles. The van der Waals surface area contributed by atoms with Gasteiger partial charge in [0.05, 0.1) is 16.6 Å². The van der Waals surface area contributed by atoms with Gasteiger partial charge < -0.3 is 20.1 Å². The second-order valence-corrected chi connectivity index (χ2v) is 9.14. The number of aromatic amines is 1. The van der Waals surface area contributed by atoms with Crippen LogP contribution >= 0.6 is 0 Å². The molecule has 0 aliphatic heterocycles. The fourth-order valence-electron chi connectivity index (χ4n) is 4.24. The first-order valence-corrected chi connectivity index (χ1v) is 12.1. The number of carboxylic acid groups (broad SMARTS) is 1. The molecule has 4 aromatic rings. The summed E-state index contributed by atoms with van der Waals surface area (Å²) in [5, 5.41) is 12.0. The maximum atomic E-state index is 12.2. The molecule has 0 radical (unpaired) electrons. The zero-order valence-corrected chi connectivity index (χ0v) is 20.3. The lowest BCUT2D eigenvalue weighted by Gasteiger charge is -2.15. The number of halogens is 3. The lowest BCUT2D eigenvalue weighted by molar-refractivity contribution is -0.274. The van der Waals surface area contributed by atoms with Crippen LogP contribution < -0.4 is 10.1 Å². The van der Waals surface area contributed by atoms with Crippen molar-refractivity contribution in [3.05, 3.63) is 72.3 Å². The van der Waals surface area contributed by atoms with E-state index in [1.807, 2.05) is 18.2 Å². The third-order valence-electron chi connectivity index (χ3n) is 6.19. The molecule has 0 saturated heterocycles. The van der Waals surface area contributed by atoms with Crippen LogP contribution in [0.3, 0.4) is 0 Å². The van der Waals surface area contributed by atoms with Crippen LogP contribution in [-0.2, 0) is 0 Å². The van der Waals surface area contributed by atoms with Crippen molar-refractivity contribution >= 4 is 28.6 Å². The van der Waals surface area contributed by atoms with Crippen LogP contribution in [0.2, 0.25) is 0 Å². The second-order valence-electron chi connectivity index (χ2n) is 9.14. The van der Waals surface area contributed by atoms with E-state index >= 15 is 0 Å². The van der Waals surface area contributed by atoms with E-state index in [-0.39, 0.29) is 11.3 Å². The number of rotatable bonds is 5. The van der Waals surface area contributed by atoms with E-state index in [0.717, 1.165) is 22.6 Å². The van der Waals surface area contributed by atoms with Gasteiger partial charge >= 0.3 is 12.3 Å². The number of nitrogens with zero attached hydrogens (tertiary/aromatic N) is 1. The Hall–Kier alpha value is -4.01. The smallest absolute Gasteiger partial charge is 0.478 e. The predicted octanol–water partition coefficient (Wildman–Crippen LogP) is 8.16. The van der Waals surface area contributed by atoms with Gasteiger partial charge in [0.1, 0.15) is 5.75 Å². The molecule has 3 N–H and O–H groups in total. The van der Waals surface area contributed by atoms with Crippen molar-refractivity contribution in [1.29, 1.82) is 0 Å². The summed E-state index contributed by atoms with van der Waals surface area (Å²) in [5.74, 6) is 0.164. The van der Waals surface area contributed by atoms with Crippen molar-refractivity contribution in [2.45, 2.75) is 45.4 Å². The molecular weight excluding hydrogens is 483 g/mol. The molecule has 0 unspecified atom stereocenters. The number of fused-ring (bicyclic) bond motifs is 1. The normalized spacial score (nSPS) is 14.1. The average molecular weight is 512 g/mol. The molecule has 0 spiro atoms. The van der Waals surface area contributed by atoms with Crippen molar-refractivity contribution in [3.8, 4) is 16.9 Å². The Kier molecular flexibility index (Phi) is 8.01. The van der Waals surface area contributed by atoms with Gasteiger partial charge in [-0.15, -0.1) is 13.2 Å². The first-order valence-electron chi connectivity index (χ1n) is 12.1. The number of alkyl halides is 3. The SMILES string of the molecule is CC1CCCCC1.O=C(O)c1ccc(-c2ccc3nc(Nc4ccc(OC(F)(F)F)cc4)[nH]c3c2)cc1. The van der Waals surface area contributed by atoms with Gasteiger partial charge in [-0.1, -0.05) is 57.2 Å². The number of carbonyl (C=O) groups is 1. The standard InChI is InChI=1S/C21H14F3N3O3.C7H14/c22-21(23,24)30-16-8-6-15(7-9-16)25-20-26-17-10-5-14(11-18(17)27-20)12-1-3-13(4-2-12)19(28)29;1-7-5-3-2-4-6-7/h1-11H,(H,28,29)(H2,25,26,27);7H,2-6H2,1H3. The minimum Gasteiger partial charge on any atom is -0.478 e. The highest BCUT2D eigenvalue weighted by molar-refractivity contribution is 5.89. The van der Waals surface area contributed by atoms with Crippen LogP contribution in [0.5, 0.6) is 5.75 Å². The molecule has 1 aliphatic carbocycles. The van der Waals surface area contributed by atoms with Crippen LogP contribution in [0.1, 0.15) is 49.4 Å². The van der Waals surface area contributed by atoms with Crippen molar-refractivity contribution < 1.29 is 27.8 Å². The van der Waals surface area contributed by atoms with Gasteiger partial charge in [-0.05, 0) is 65.6 Å². The highest BCUT2D eigenvalue weighted by atomic mass is 19.4. The molecule has 1 aliphatic rings. The lowest BCUT2D eigenvalue weighted by Crippen LogP contribution is -2.16. The zero-order chi connectivity index (χ0) is 26.4. The summed E-state index contributed by atoms with van der Waals surface area (Å²) in [6.07, 6.45) is 2.70. The van der Waals surface area contributed by atoms with E-state index in [2.05, 4.69) is 26.9 Å². The van der Waals surface area contributed by atoms with E-state index in [4.69, 9.17) is 5.11 Å². The number of aromatic carboxylic acids is 1. The quantitative estimate of drug-likeness (QED) is 0.252. The Bertz CT molecular complexity index is 1330. The highest BCUT2D eigenvalue weighted by Crippen LogP contribution is 2.27. The van der Waals surface area contributed by atoms with Crippen LogP contribution in [0.25, 0.3) is 22.2 Å². The molecule has 0 atom stereocenters. The van der Waals surface area contributed by atoms with Gasteiger partial charge in [0, 0.05) is 5.69 Å². The van der Waals surface area contributed by atoms with Crippen molar-refractivity contribution in [1.82, 2.24) is 9.97 Å². The molecule has 0 amide bonds. The summed E-state index contributed by atoms with van der Waals surface area (Å²) in [5.41, 5.74) is 3.91. The molecule has 6 nitrogen and oxygen atoms in total. The molecule has 1 aromatic heterocycles. The Balaban J connectivity index is 0.000000396. The largest absolute Gasteiger partial charge is 0.573 e. The van der Waals surface area contributed by atoms with E-state index in [1.54, 1.807) is 12.1 Å². The van der Waals surface area contributed by atoms with E-state index < -0.39 is 12.3 Å². The van der Waals surface area contributed by atoms with Gasteiger partial charge in [0.2, 0.25) is 5.95 Å². The number of carboxylic acids is 1. The molecule has 1 saturated carbocycles. The maximum Gasteiger partial charge on any atom is 0.573 e. The van der Waals surface area contributed by atoms with Gasteiger partial charge in [-0.2, -0.15) is 0 Å². The first kappa shape index (κ1) is 26.1. The molecule has 1 fully saturated rings. The van der Waals surface area contributed by atoms with Gasteiger partial charge in [-0.25, -0.2) is 9.78 Å². The molecular formula is C28H28F3N3O3. The summed E-state index contributed by atoms with van der Waals surface area (Å²) in [6, 6.07) is 17.4. The van der Waals surface area contributed by atoms with Crippen LogP contribution in [0.4, 0.5) is 24.8 Å². The van der Waals surface area contributed by atoms with Gasteiger partial charge in [0.15, 0.2) is 0 Å². The molecule has 5 rings (SSSR count). The Labute approximate surface area is 212 Å². The van der Waals surface area contributed by atoms with Crippen LogP contribution in [0.15, 0.2) is 66.7 Å². The van der Waals surface area contributed by atoms with E-state index in [0.29, 0.717) is 17.2 Å². The fraction of sp³-hybridized carbons (Fsp3) is 0.286. The summed E-state index contributed by atoms with van der Waals surface area (Å²) < 4.78 is 40.6. The number of benzene rings is 3. The number of H-pyrrole nitrogens is 1. The van der Waals surface area contributed by atoms with E-state index in [1.165, 1.54) is 68.5 Å². The number of hydrogen-bond donors (Lipinski definition) is 3. The lowest BCUT2D eigenvalue weighted by atomic mass is 9.91. The zero-order valence-electron chi connectivity index (χ0n) is 20.3. The average Bonchev–Trinajstić information content (AvgIpc) is 3.27. The third-order valence-corrected chi connectivity index (χ3v) is 6.19. The molecule has 0 bridgehead atoms. The van der Waals surface area contributed by atoms with Gasteiger partial charge in [0.25, 0.3) is 0 Å². The fourth-order valence-corrected chi connectivity index (χ4v) is 4.24. The molecule has 194 valence electrons. The molecule has 37 heavy (non-hydrogen) atoms. The van der Waals surface area contributed by atoms with E-state index in [9.17, 15) is 18.0 Å². The van der Waals surface area contributed by atoms with Crippen LogP contribution in [-0.4, -0.2) is 27.4 Å². The molecule has 9 heteroatoms. The van der Waals surface area contributed by atoms with Gasteiger partial charge in [-0.3, -0.25) is 0 Å². The van der Waals surface area contributed by atoms with Crippen molar-refractivity contribution in [3.63, 3.8) is 0 Å². The number of aromatic nitrogens is 2. The summed E-state index contributed by atoms with van der Waals surface area (Å²) >= 11 is 0.